The Bertz CT molecular complexity index is 586. The van der Waals surface area contributed by atoms with E-state index in [1.807, 2.05) is 13.8 Å². The number of phenolic OH excluding ortho intramolecular Hbond substituents is 1. The molecule has 1 atom stereocenters. The predicted molar refractivity (Wildman–Crippen MR) is 99.9 cm³/mol. The number of piperidine rings is 1. The molecule has 0 radical (unpaired) electrons. The number of nitrogens with zero attached hydrogens (tertiary/aromatic N) is 1. The molecule has 1 saturated heterocycles. The zero-order valence-corrected chi connectivity index (χ0v) is 16.0. The fraction of sp³-hybridized carbons (Fsp3) is 0.500. The molecule has 3 nitrogen and oxygen atoms in total. The first kappa shape index (κ1) is 17.8. The summed E-state index contributed by atoms with van der Waals surface area (Å²) < 4.78 is 1.61. The molecule has 1 aromatic carbocycles. The molecule has 0 aliphatic carbocycles. The second-order valence-electron chi connectivity index (χ2n) is 5.56. The molecule has 0 bridgehead atoms. The summed E-state index contributed by atoms with van der Waals surface area (Å²) in [5.74, 6) is -0.0652. The number of rotatable bonds is 3. The van der Waals surface area contributed by atoms with Gasteiger partial charge >= 0.3 is 0 Å². The standard InChI is InChI=1S/C16H20BrNO2S2/c1-10-8-14(19)12(9-13(10)17)15(20)11(2)22-16(21)18-6-4-3-5-7-18/h8-9,11,19H,3-7H2,1-2H3/t11-/m1/s1. The zero-order chi connectivity index (χ0) is 16.3. The largest absolute Gasteiger partial charge is 0.507 e. The summed E-state index contributed by atoms with van der Waals surface area (Å²) >= 11 is 10.3. The number of ketones is 1. The van der Waals surface area contributed by atoms with Gasteiger partial charge in [0.25, 0.3) is 0 Å². The first-order valence-electron chi connectivity index (χ1n) is 7.39. The number of thioether (sulfide) groups is 1. The quantitative estimate of drug-likeness (QED) is 0.594. The lowest BCUT2D eigenvalue weighted by molar-refractivity contribution is 0.0991. The van der Waals surface area contributed by atoms with Crippen LogP contribution in [0.5, 0.6) is 5.75 Å². The Morgan fingerprint density at radius 2 is 2.00 bits per heavy atom. The van der Waals surface area contributed by atoms with Crippen molar-refractivity contribution >= 4 is 50.0 Å². The molecule has 0 unspecified atom stereocenters. The van der Waals surface area contributed by atoms with Crippen molar-refractivity contribution in [1.82, 2.24) is 4.90 Å². The number of aromatic hydroxyl groups is 1. The molecule has 1 heterocycles. The van der Waals surface area contributed by atoms with Crippen LogP contribution in [0.15, 0.2) is 16.6 Å². The van der Waals surface area contributed by atoms with Gasteiger partial charge in [-0.05, 0) is 50.8 Å². The van der Waals surface area contributed by atoms with E-state index in [-0.39, 0.29) is 16.8 Å². The average molecular weight is 402 g/mol. The van der Waals surface area contributed by atoms with Crippen LogP contribution in [-0.4, -0.2) is 38.4 Å². The molecule has 0 aromatic heterocycles. The van der Waals surface area contributed by atoms with Crippen molar-refractivity contribution in [2.24, 2.45) is 0 Å². The lowest BCUT2D eigenvalue weighted by Crippen LogP contribution is -2.34. The number of carbonyl (C=O) groups is 1. The first-order valence-corrected chi connectivity index (χ1v) is 9.47. The molecule has 6 heteroatoms. The van der Waals surface area contributed by atoms with Gasteiger partial charge in [-0.3, -0.25) is 4.79 Å². The minimum atomic E-state index is -0.310. The monoisotopic (exact) mass is 401 g/mol. The molecule has 0 saturated carbocycles. The number of phenols is 1. The highest BCUT2D eigenvalue weighted by atomic mass is 79.9. The molecule has 1 aromatic rings. The molecule has 0 spiro atoms. The van der Waals surface area contributed by atoms with E-state index in [0.29, 0.717) is 5.56 Å². The number of hydrogen-bond acceptors (Lipinski definition) is 4. The van der Waals surface area contributed by atoms with Crippen LogP contribution in [0.3, 0.4) is 0 Å². The van der Waals surface area contributed by atoms with Crippen molar-refractivity contribution in [1.29, 1.82) is 0 Å². The fourth-order valence-corrected chi connectivity index (χ4v) is 4.27. The molecule has 22 heavy (non-hydrogen) atoms. The number of benzene rings is 1. The van der Waals surface area contributed by atoms with Gasteiger partial charge in [-0.15, -0.1) is 0 Å². The third-order valence-electron chi connectivity index (χ3n) is 3.80. The van der Waals surface area contributed by atoms with Crippen molar-refractivity contribution in [2.45, 2.75) is 38.4 Å². The number of likely N-dealkylation sites (tertiary alicyclic amines) is 1. The van der Waals surface area contributed by atoms with Gasteiger partial charge in [0.15, 0.2) is 5.78 Å². The summed E-state index contributed by atoms with van der Waals surface area (Å²) in [4.78, 5) is 14.7. The van der Waals surface area contributed by atoms with Crippen LogP contribution in [0.25, 0.3) is 0 Å². The summed E-state index contributed by atoms with van der Waals surface area (Å²) in [6.07, 6.45) is 3.58. The highest BCUT2D eigenvalue weighted by Crippen LogP contribution is 2.30. The molecule has 1 aliphatic rings. The van der Waals surface area contributed by atoms with Gasteiger partial charge < -0.3 is 10.0 Å². The topological polar surface area (TPSA) is 40.5 Å². The van der Waals surface area contributed by atoms with Crippen LogP contribution in [0, 0.1) is 6.92 Å². The highest BCUT2D eigenvalue weighted by Gasteiger charge is 2.24. The number of thiocarbonyl (C=S) groups is 1. The van der Waals surface area contributed by atoms with Gasteiger partial charge in [0, 0.05) is 17.6 Å². The molecule has 1 fully saturated rings. The summed E-state index contributed by atoms with van der Waals surface area (Å²) in [6.45, 7) is 5.68. The second-order valence-corrected chi connectivity index (χ2v) is 8.39. The minimum Gasteiger partial charge on any atom is -0.507 e. The van der Waals surface area contributed by atoms with E-state index in [4.69, 9.17) is 12.2 Å². The molecule has 1 N–H and O–H groups in total. The van der Waals surface area contributed by atoms with Gasteiger partial charge in [-0.25, -0.2) is 0 Å². The second kappa shape index (κ2) is 7.79. The zero-order valence-electron chi connectivity index (χ0n) is 12.8. The summed E-state index contributed by atoms with van der Waals surface area (Å²) in [6, 6.07) is 3.30. The van der Waals surface area contributed by atoms with Crippen LogP contribution in [0.1, 0.15) is 42.1 Å². The number of halogens is 1. The molecular formula is C16H20BrNO2S2. The van der Waals surface area contributed by atoms with E-state index in [0.717, 1.165) is 40.3 Å². The lowest BCUT2D eigenvalue weighted by atomic mass is 10.1. The van der Waals surface area contributed by atoms with E-state index in [1.54, 1.807) is 12.1 Å². The van der Waals surface area contributed by atoms with Crippen molar-refractivity contribution in [3.8, 4) is 5.75 Å². The molecule has 0 amide bonds. The van der Waals surface area contributed by atoms with Crippen LogP contribution >= 0.6 is 39.9 Å². The maximum Gasteiger partial charge on any atom is 0.179 e. The van der Waals surface area contributed by atoms with Gasteiger partial charge in [0.1, 0.15) is 10.1 Å². The van der Waals surface area contributed by atoms with Gasteiger partial charge in [-0.2, -0.15) is 0 Å². The van der Waals surface area contributed by atoms with E-state index in [9.17, 15) is 9.90 Å². The van der Waals surface area contributed by atoms with Crippen molar-refractivity contribution in [2.75, 3.05) is 13.1 Å². The lowest BCUT2D eigenvalue weighted by Gasteiger charge is -2.29. The third kappa shape index (κ3) is 4.24. The van der Waals surface area contributed by atoms with Crippen molar-refractivity contribution in [3.63, 3.8) is 0 Å². The van der Waals surface area contributed by atoms with E-state index in [2.05, 4.69) is 20.8 Å². The highest BCUT2D eigenvalue weighted by molar-refractivity contribution is 9.10. The Hall–Kier alpha value is -0.590. The number of hydrogen-bond donors (Lipinski definition) is 1. The maximum absolute atomic E-state index is 12.6. The van der Waals surface area contributed by atoms with Gasteiger partial charge in [0.05, 0.1) is 10.8 Å². The Kier molecular flexibility index (Phi) is 6.29. The number of carbonyl (C=O) groups excluding carboxylic acids is 1. The smallest absolute Gasteiger partial charge is 0.179 e. The summed E-state index contributed by atoms with van der Waals surface area (Å²) in [5.41, 5.74) is 1.25. The number of Topliss-reactive ketones (excluding diaryl/α,β-unsaturated/α-hetero) is 1. The van der Waals surface area contributed by atoms with E-state index >= 15 is 0 Å². The third-order valence-corrected chi connectivity index (χ3v) is 6.23. The molecule has 1 aliphatic heterocycles. The minimum absolute atomic E-state index is 0.0297. The van der Waals surface area contributed by atoms with Gasteiger partial charge in [-0.1, -0.05) is 39.9 Å². The van der Waals surface area contributed by atoms with Crippen molar-refractivity contribution in [3.05, 3.63) is 27.7 Å². The van der Waals surface area contributed by atoms with Crippen molar-refractivity contribution < 1.29 is 9.90 Å². The van der Waals surface area contributed by atoms with Crippen LogP contribution < -0.4 is 0 Å². The predicted octanol–water partition coefficient (Wildman–Crippen LogP) is 4.54. The van der Waals surface area contributed by atoms with E-state index in [1.165, 1.54) is 18.2 Å². The Morgan fingerprint density at radius 3 is 2.64 bits per heavy atom. The van der Waals surface area contributed by atoms with Gasteiger partial charge in [0.2, 0.25) is 0 Å². The Balaban J connectivity index is 2.05. The first-order chi connectivity index (χ1) is 10.4. The molecular weight excluding hydrogens is 382 g/mol. The number of aryl methyl sites for hydroxylation is 1. The van der Waals surface area contributed by atoms with Crippen LogP contribution in [0.4, 0.5) is 0 Å². The molecule has 2 rings (SSSR count). The summed E-state index contributed by atoms with van der Waals surface area (Å²) in [5, 5.41) is 9.71. The fourth-order valence-electron chi connectivity index (χ4n) is 2.44. The average Bonchev–Trinajstić information content (AvgIpc) is 2.51. The Morgan fingerprint density at radius 1 is 1.36 bits per heavy atom. The van der Waals surface area contributed by atoms with Crippen LogP contribution in [0.2, 0.25) is 0 Å². The molecule has 120 valence electrons. The Labute approximate surface area is 149 Å². The summed E-state index contributed by atoms with van der Waals surface area (Å²) in [7, 11) is 0. The maximum atomic E-state index is 12.6. The SMILES string of the molecule is Cc1cc(O)c(C(=O)[C@@H](C)SC(=S)N2CCCCC2)cc1Br. The normalized spacial score (nSPS) is 16.4. The van der Waals surface area contributed by atoms with Crippen LogP contribution in [-0.2, 0) is 0 Å². The van der Waals surface area contributed by atoms with E-state index < -0.39 is 0 Å².